The molecule has 0 N–H and O–H groups in total. The first-order valence-electron chi connectivity index (χ1n) is 4.87. The van der Waals surface area contributed by atoms with Gasteiger partial charge in [0.05, 0.1) is 6.54 Å². The van der Waals surface area contributed by atoms with Crippen molar-refractivity contribution < 1.29 is 4.42 Å². The maximum absolute atomic E-state index is 5.71. The van der Waals surface area contributed by atoms with Gasteiger partial charge in [-0.05, 0) is 32.5 Å². The van der Waals surface area contributed by atoms with Gasteiger partial charge in [0.25, 0.3) is 0 Å². The molecule has 0 radical (unpaired) electrons. The molecule has 1 rings (SSSR count). The lowest BCUT2D eigenvalue weighted by atomic mass is 10.3. The molecule has 1 atom stereocenters. The van der Waals surface area contributed by atoms with Crippen LogP contribution in [-0.4, -0.2) is 30.5 Å². The van der Waals surface area contributed by atoms with Crippen LogP contribution in [0.25, 0.3) is 0 Å². The monoisotopic (exact) mass is 213 g/mol. The fourth-order valence-corrected chi connectivity index (χ4v) is 1.63. The molecule has 80 valence electrons. The molecular weight excluding hydrogens is 194 g/mol. The number of rotatable bonds is 5. The average molecular weight is 213 g/mol. The van der Waals surface area contributed by atoms with Gasteiger partial charge in [-0.2, -0.15) is 11.8 Å². The lowest BCUT2D eigenvalue weighted by Gasteiger charge is -2.07. The van der Waals surface area contributed by atoms with Crippen LogP contribution in [0.15, 0.2) is 16.5 Å². The van der Waals surface area contributed by atoms with E-state index in [-0.39, 0.29) is 0 Å². The molecule has 0 saturated heterocycles. The Morgan fingerprint density at radius 3 is 2.57 bits per heavy atom. The van der Waals surface area contributed by atoms with Crippen LogP contribution in [0, 0.1) is 0 Å². The smallest absolute Gasteiger partial charge is 0.118 e. The van der Waals surface area contributed by atoms with Crippen molar-refractivity contribution in [3.05, 3.63) is 23.7 Å². The zero-order valence-electron chi connectivity index (χ0n) is 9.41. The van der Waals surface area contributed by atoms with Crippen LogP contribution in [0.2, 0.25) is 0 Å². The number of thioether (sulfide) groups is 1. The molecule has 1 aromatic rings. The number of hydrogen-bond donors (Lipinski definition) is 0. The Labute approximate surface area is 90.7 Å². The number of nitrogens with zero attached hydrogens (tertiary/aromatic N) is 1. The van der Waals surface area contributed by atoms with E-state index in [0.29, 0.717) is 5.25 Å². The second kappa shape index (κ2) is 5.47. The molecule has 0 aliphatic rings. The van der Waals surface area contributed by atoms with Gasteiger partial charge in [-0.15, -0.1) is 0 Å². The molecule has 0 saturated carbocycles. The van der Waals surface area contributed by atoms with E-state index >= 15 is 0 Å². The Morgan fingerprint density at radius 2 is 2.00 bits per heavy atom. The third kappa shape index (κ3) is 3.76. The number of furan rings is 1. The largest absolute Gasteiger partial charge is 0.465 e. The van der Waals surface area contributed by atoms with E-state index in [1.807, 2.05) is 25.9 Å². The van der Waals surface area contributed by atoms with Gasteiger partial charge in [-0.1, -0.05) is 6.92 Å². The lowest BCUT2D eigenvalue weighted by molar-refractivity contribution is 0.341. The summed E-state index contributed by atoms with van der Waals surface area (Å²) in [4.78, 5) is 2.11. The maximum Gasteiger partial charge on any atom is 0.118 e. The van der Waals surface area contributed by atoms with Crippen LogP contribution >= 0.6 is 11.8 Å². The zero-order valence-corrected chi connectivity index (χ0v) is 10.2. The highest BCUT2D eigenvalue weighted by molar-refractivity contribution is 7.99. The van der Waals surface area contributed by atoms with Crippen molar-refractivity contribution in [3.8, 4) is 0 Å². The molecule has 0 amide bonds. The minimum Gasteiger partial charge on any atom is -0.465 e. The first-order valence-corrected chi connectivity index (χ1v) is 6.15. The summed E-state index contributed by atoms with van der Waals surface area (Å²) in [5, 5.41) is 0.633. The Bertz CT molecular complexity index is 270. The quantitative estimate of drug-likeness (QED) is 0.748. The molecule has 0 aliphatic heterocycles. The SMILES string of the molecule is CSC(C)Cc1ccc(CN(C)C)o1. The van der Waals surface area contributed by atoms with Crippen molar-refractivity contribution in [1.29, 1.82) is 0 Å². The Morgan fingerprint density at radius 1 is 1.36 bits per heavy atom. The summed E-state index contributed by atoms with van der Waals surface area (Å²) in [5.74, 6) is 2.15. The zero-order chi connectivity index (χ0) is 10.6. The molecule has 1 unspecified atom stereocenters. The van der Waals surface area contributed by atoms with Crippen LogP contribution in [0.1, 0.15) is 18.4 Å². The van der Waals surface area contributed by atoms with Gasteiger partial charge < -0.3 is 9.32 Å². The maximum atomic E-state index is 5.71. The van der Waals surface area contributed by atoms with Crippen LogP contribution in [0.4, 0.5) is 0 Å². The lowest BCUT2D eigenvalue weighted by Crippen LogP contribution is -2.09. The minimum absolute atomic E-state index is 0.633. The highest BCUT2D eigenvalue weighted by Crippen LogP contribution is 2.16. The van der Waals surface area contributed by atoms with Gasteiger partial charge in [0, 0.05) is 11.7 Å². The van der Waals surface area contributed by atoms with Gasteiger partial charge in [0.1, 0.15) is 11.5 Å². The predicted molar refractivity (Wildman–Crippen MR) is 62.8 cm³/mol. The Kier molecular flexibility index (Phi) is 4.55. The molecule has 1 heterocycles. The Balaban J connectivity index is 2.50. The first kappa shape index (κ1) is 11.7. The third-order valence-corrected chi connectivity index (χ3v) is 3.05. The normalized spacial score (nSPS) is 13.5. The van der Waals surface area contributed by atoms with E-state index < -0.39 is 0 Å². The van der Waals surface area contributed by atoms with Crippen molar-refractivity contribution >= 4 is 11.8 Å². The fourth-order valence-electron chi connectivity index (χ4n) is 1.30. The van der Waals surface area contributed by atoms with Crippen molar-refractivity contribution in [2.75, 3.05) is 20.4 Å². The molecule has 0 spiro atoms. The Hall–Kier alpha value is -0.410. The molecule has 1 aromatic heterocycles. The summed E-state index contributed by atoms with van der Waals surface area (Å²) in [6.07, 6.45) is 3.16. The first-order chi connectivity index (χ1) is 6.61. The van der Waals surface area contributed by atoms with E-state index in [2.05, 4.69) is 30.2 Å². The average Bonchev–Trinajstić information content (AvgIpc) is 2.51. The van der Waals surface area contributed by atoms with Crippen molar-refractivity contribution in [2.24, 2.45) is 0 Å². The summed E-state index contributed by atoms with van der Waals surface area (Å²) < 4.78 is 5.71. The highest BCUT2D eigenvalue weighted by Gasteiger charge is 2.06. The van der Waals surface area contributed by atoms with E-state index in [0.717, 1.165) is 24.5 Å². The molecular formula is C11H19NOS. The summed E-state index contributed by atoms with van der Waals surface area (Å²) in [5.41, 5.74) is 0. The van der Waals surface area contributed by atoms with E-state index in [9.17, 15) is 0 Å². The highest BCUT2D eigenvalue weighted by atomic mass is 32.2. The second-order valence-corrected chi connectivity index (χ2v) is 5.13. The third-order valence-electron chi connectivity index (χ3n) is 2.08. The van der Waals surface area contributed by atoms with Gasteiger partial charge in [0.2, 0.25) is 0 Å². The molecule has 0 aromatic carbocycles. The van der Waals surface area contributed by atoms with Crippen LogP contribution in [0.3, 0.4) is 0 Å². The van der Waals surface area contributed by atoms with Crippen molar-refractivity contribution in [2.45, 2.75) is 25.1 Å². The molecule has 14 heavy (non-hydrogen) atoms. The topological polar surface area (TPSA) is 16.4 Å². The molecule has 2 nitrogen and oxygen atoms in total. The van der Waals surface area contributed by atoms with Gasteiger partial charge in [-0.25, -0.2) is 0 Å². The summed E-state index contributed by atoms with van der Waals surface area (Å²) in [7, 11) is 4.10. The van der Waals surface area contributed by atoms with Crippen molar-refractivity contribution in [1.82, 2.24) is 4.90 Å². The molecule has 0 fully saturated rings. The van der Waals surface area contributed by atoms with Gasteiger partial charge in [0.15, 0.2) is 0 Å². The van der Waals surface area contributed by atoms with E-state index in [1.54, 1.807) is 0 Å². The fraction of sp³-hybridized carbons (Fsp3) is 0.636. The van der Waals surface area contributed by atoms with Crippen LogP contribution in [-0.2, 0) is 13.0 Å². The van der Waals surface area contributed by atoms with Gasteiger partial charge >= 0.3 is 0 Å². The van der Waals surface area contributed by atoms with E-state index in [1.165, 1.54) is 0 Å². The minimum atomic E-state index is 0.633. The summed E-state index contributed by atoms with van der Waals surface area (Å²) in [6, 6.07) is 4.16. The van der Waals surface area contributed by atoms with Crippen LogP contribution < -0.4 is 0 Å². The predicted octanol–water partition coefficient (Wildman–Crippen LogP) is 2.64. The van der Waals surface area contributed by atoms with Crippen LogP contribution in [0.5, 0.6) is 0 Å². The molecule has 0 bridgehead atoms. The second-order valence-electron chi connectivity index (χ2n) is 3.86. The van der Waals surface area contributed by atoms with E-state index in [4.69, 9.17) is 4.42 Å². The van der Waals surface area contributed by atoms with Gasteiger partial charge in [-0.3, -0.25) is 0 Å². The van der Waals surface area contributed by atoms with Crippen molar-refractivity contribution in [3.63, 3.8) is 0 Å². The summed E-state index contributed by atoms with van der Waals surface area (Å²) in [6.45, 7) is 3.10. The molecule has 0 aliphatic carbocycles. The molecule has 3 heteroatoms. The standard InChI is InChI=1S/C11H19NOS/c1-9(14-4)7-10-5-6-11(13-10)8-12(2)3/h5-6,9H,7-8H2,1-4H3. The number of hydrogen-bond acceptors (Lipinski definition) is 3. The summed E-state index contributed by atoms with van der Waals surface area (Å²) >= 11 is 1.87.